The highest BCUT2D eigenvalue weighted by atomic mass is 16.5. The molecule has 0 saturated carbocycles. The first kappa shape index (κ1) is 7.98. The molecule has 1 aliphatic heterocycles. The van der Waals surface area contributed by atoms with E-state index >= 15 is 0 Å². The summed E-state index contributed by atoms with van der Waals surface area (Å²) in [5.41, 5.74) is 0.536. The van der Waals surface area contributed by atoms with Crippen LogP contribution in [0.25, 0.3) is 0 Å². The number of rotatable bonds is 2. The molecule has 1 rings (SSSR count). The molecule has 1 aliphatic rings. The zero-order valence-corrected chi connectivity index (χ0v) is 6.54. The van der Waals surface area contributed by atoms with Crippen LogP contribution in [0.2, 0.25) is 0 Å². The number of hydrogen-bond acceptors (Lipinski definition) is 3. The molecule has 0 aliphatic carbocycles. The number of carbonyl (C=O) groups is 1. The minimum absolute atomic E-state index is 0.281. The van der Waals surface area contributed by atoms with Crippen molar-refractivity contribution in [1.82, 2.24) is 0 Å². The molecule has 3 nitrogen and oxygen atoms in total. The monoisotopic (exact) mass is 153 g/mol. The van der Waals surface area contributed by atoms with E-state index in [2.05, 4.69) is 4.99 Å². The van der Waals surface area contributed by atoms with Crippen molar-refractivity contribution in [3.8, 4) is 0 Å². The minimum Gasteiger partial charge on any atom is -0.462 e. The average Bonchev–Trinajstić information content (AvgIpc) is 2.07. The molecule has 0 unspecified atom stereocenters. The number of ether oxygens (including phenoxy) is 1. The Balaban J connectivity index is 2.52. The molecule has 0 aromatic carbocycles. The van der Waals surface area contributed by atoms with Crippen LogP contribution in [0.1, 0.15) is 19.8 Å². The third-order valence-corrected chi connectivity index (χ3v) is 1.39. The summed E-state index contributed by atoms with van der Waals surface area (Å²) in [6, 6.07) is 0. The topological polar surface area (TPSA) is 38.7 Å². The first-order chi connectivity index (χ1) is 5.34. The number of nitrogens with zero attached hydrogens (tertiary/aromatic N) is 1. The normalized spacial score (nSPS) is 15.9. The van der Waals surface area contributed by atoms with E-state index in [-0.39, 0.29) is 5.97 Å². The molecule has 0 fully saturated rings. The predicted molar refractivity (Wildman–Crippen MR) is 42.4 cm³/mol. The van der Waals surface area contributed by atoms with Gasteiger partial charge in [0, 0.05) is 12.6 Å². The molecule has 0 N–H and O–H groups in total. The molecule has 0 spiro atoms. The lowest BCUT2D eigenvalue weighted by Crippen LogP contribution is -2.18. The maximum Gasteiger partial charge on any atom is 0.352 e. The second-order valence-corrected chi connectivity index (χ2v) is 2.22. The van der Waals surface area contributed by atoms with Crippen molar-refractivity contribution >= 4 is 11.7 Å². The summed E-state index contributed by atoms with van der Waals surface area (Å²) in [6.07, 6.45) is 5.17. The Bertz CT molecular complexity index is 206. The van der Waals surface area contributed by atoms with Crippen molar-refractivity contribution in [1.29, 1.82) is 0 Å². The molecular weight excluding hydrogens is 142 g/mol. The van der Waals surface area contributed by atoms with E-state index in [1.165, 1.54) is 0 Å². The Morgan fingerprint density at radius 1 is 1.82 bits per heavy atom. The van der Waals surface area contributed by atoms with E-state index in [0.717, 1.165) is 6.42 Å². The van der Waals surface area contributed by atoms with Crippen LogP contribution in [-0.2, 0) is 9.53 Å². The number of esters is 1. The Morgan fingerprint density at radius 2 is 2.64 bits per heavy atom. The van der Waals surface area contributed by atoms with Crippen molar-refractivity contribution in [3.05, 3.63) is 12.3 Å². The van der Waals surface area contributed by atoms with E-state index in [1.54, 1.807) is 13.1 Å². The fourth-order valence-electron chi connectivity index (χ4n) is 0.871. The zero-order chi connectivity index (χ0) is 8.10. The van der Waals surface area contributed by atoms with Gasteiger partial charge in [-0.1, -0.05) is 6.08 Å². The summed E-state index contributed by atoms with van der Waals surface area (Å²) in [5, 5.41) is 0. The van der Waals surface area contributed by atoms with Crippen LogP contribution >= 0.6 is 0 Å². The van der Waals surface area contributed by atoms with E-state index in [0.29, 0.717) is 18.7 Å². The van der Waals surface area contributed by atoms with E-state index < -0.39 is 0 Å². The van der Waals surface area contributed by atoms with Gasteiger partial charge in [0.25, 0.3) is 0 Å². The summed E-state index contributed by atoms with van der Waals surface area (Å²) in [4.78, 5) is 14.9. The quantitative estimate of drug-likeness (QED) is 0.561. The van der Waals surface area contributed by atoms with Crippen LogP contribution in [0.5, 0.6) is 0 Å². The van der Waals surface area contributed by atoms with Gasteiger partial charge in [0.15, 0.2) is 0 Å². The van der Waals surface area contributed by atoms with Gasteiger partial charge in [0.2, 0.25) is 0 Å². The maximum absolute atomic E-state index is 11.0. The van der Waals surface area contributed by atoms with Gasteiger partial charge in [-0.25, -0.2) is 4.79 Å². The SMILES string of the molecule is CCOC(=O)C1=NC=CCC1. The standard InChI is InChI=1S/C8H11NO2/c1-2-11-8(10)7-5-3-4-6-9-7/h4,6H,2-3,5H2,1H3. The van der Waals surface area contributed by atoms with Crippen LogP contribution in [0, 0.1) is 0 Å². The molecule has 0 radical (unpaired) electrons. The van der Waals surface area contributed by atoms with Crippen LogP contribution in [-0.4, -0.2) is 18.3 Å². The van der Waals surface area contributed by atoms with Gasteiger partial charge in [-0.2, -0.15) is 0 Å². The van der Waals surface area contributed by atoms with Crippen molar-refractivity contribution in [2.45, 2.75) is 19.8 Å². The zero-order valence-electron chi connectivity index (χ0n) is 6.54. The van der Waals surface area contributed by atoms with Gasteiger partial charge < -0.3 is 4.74 Å². The summed E-state index contributed by atoms with van der Waals surface area (Å²) in [5.74, 6) is -0.281. The molecule has 0 aromatic rings. The highest BCUT2D eigenvalue weighted by molar-refractivity contribution is 6.36. The van der Waals surface area contributed by atoms with E-state index in [1.807, 2.05) is 6.08 Å². The Kier molecular flexibility index (Phi) is 2.83. The van der Waals surface area contributed by atoms with Gasteiger partial charge in [-0.15, -0.1) is 0 Å². The average molecular weight is 153 g/mol. The molecule has 0 saturated heterocycles. The predicted octanol–water partition coefficient (Wildman–Crippen LogP) is 1.30. The van der Waals surface area contributed by atoms with Crippen LogP contribution in [0.15, 0.2) is 17.3 Å². The van der Waals surface area contributed by atoms with Crippen molar-refractivity contribution in [3.63, 3.8) is 0 Å². The van der Waals surface area contributed by atoms with Crippen molar-refractivity contribution in [2.75, 3.05) is 6.61 Å². The molecule has 0 bridgehead atoms. The first-order valence-electron chi connectivity index (χ1n) is 3.73. The van der Waals surface area contributed by atoms with E-state index in [9.17, 15) is 4.79 Å². The highest BCUT2D eigenvalue weighted by Crippen LogP contribution is 2.03. The van der Waals surface area contributed by atoms with Crippen LogP contribution in [0.3, 0.4) is 0 Å². The van der Waals surface area contributed by atoms with Gasteiger partial charge in [-0.3, -0.25) is 4.99 Å². The first-order valence-corrected chi connectivity index (χ1v) is 3.73. The number of aliphatic imine (C=N–C) groups is 1. The Morgan fingerprint density at radius 3 is 3.18 bits per heavy atom. The second-order valence-electron chi connectivity index (χ2n) is 2.22. The molecule has 1 heterocycles. The van der Waals surface area contributed by atoms with Crippen LogP contribution < -0.4 is 0 Å². The third-order valence-electron chi connectivity index (χ3n) is 1.39. The lowest BCUT2D eigenvalue weighted by atomic mass is 10.2. The van der Waals surface area contributed by atoms with Gasteiger partial charge >= 0.3 is 5.97 Å². The molecule has 0 aromatic heterocycles. The summed E-state index contributed by atoms with van der Waals surface area (Å²) in [6.45, 7) is 2.21. The second kappa shape index (κ2) is 3.91. The van der Waals surface area contributed by atoms with E-state index in [4.69, 9.17) is 4.74 Å². The summed E-state index contributed by atoms with van der Waals surface area (Å²) in [7, 11) is 0. The van der Waals surface area contributed by atoms with Gasteiger partial charge in [-0.05, 0) is 13.3 Å². The smallest absolute Gasteiger partial charge is 0.352 e. The lowest BCUT2D eigenvalue weighted by molar-refractivity contribution is -0.135. The molecule has 11 heavy (non-hydrogen) atoms. The molecular formula is C8H11NO2. The fraction of sp³-hybridized carbons (Fsp3) is 0.500. The number of hydrogen-bond donors (Lipinski definition) is 0. The Labute approximate surface area is 65.8 Å². The molecule has 0 amide bonds. The number of allylic oxidation sites excluding steroid dienone is 1. The summed E-state index contributed by atoms with van der Waals surface area (Å²) >= 11 is 0. The van der Waals surface area contributed by atoms with Crippen molar-refractivity contribution in [2.24, 2.45) is 4.99 Å². The fourth-order valence-corrected chi connectivity index (χ4v) is 0.871. The Hall–Kier alpha value is -1.12. The largest absolute Gasteiger partial charge is 0.462 e. The summed E-state index contributed by atoms with van der Waals surface area (Å²) < 4.78 is 4.78. The minimum atomic E-state index is -0.281. The lowest BCUT2D eigenvalue weighted by Gasteiger charge is -2.05. The highest BCUT2D eigenvalue weighted by Gasteiger charge is 2.11. The molecule has 3 heteroatoms. The molecule has 60 valence electrons. The van der Waals surface area contributed by atoms with Gasteiger partial charge in [0.1, 0.15) is 5.71 Å². The molecule has 0 atom stereocenters. The number of carbonyl (C=O) groups excluding carboxylic acids is 1. The third kappa shape index (κ3) is 2.18. The van der Waals surface area contributed by atoms with Crippen molar-refractivity contribution < 1.29 is 9.53 Å². The van der Waals surface area contributed by atoms with Gasteiger partial charge in [0.05, 0.1) is 6.61 Å². The maximum atomic E-state index is 11.0. The van der Waals surface area contributed by atoms with Crippen LogP contribution in [0.4, 0.5) is 0 Å².